The third-order valence-electron chi connectivity index (χ3n) is 6.41. The Labute approximate surface area is 256 Å². The predicted octanol–water partition coefficient (Wildman–Crippen LogP) is 14.3. The molecule has 0 radical (unpaired) electrons. The number of rotatable bonds is 24. The van der Waals surface area contributed by atoms with Crippen molar-refractivity contribution in [2.75, 3.05) is 0 Å². The molecular weight excluding hydrogens is 480 g/mol. The van der Waals surface area contributed by atoms with Crippen molar-refractivity contribution in [3.05, 3.63) is 27.7 Å². The summed E-state index contributed by atoms with van der Waals surface area (Å²) in [5.41, 5.74) is 0. The summed E-state index contributed by atoms with van der Waals surface area (Å²) in [6, 6.07) is 0. The van der Waals surface area contributed by atoms with Gasteiger partial charge in [-0.3, -0.25) is 0 Å². The summed E-state index contributed by atoms with van der Waals surface area (Å²) in [7, 11) is 0. The molecule has 0 aromatic rings. The summed E-state index contributed by atoms with van der Waals surface area (Å²) in [6.45, 7) is 24.2. The minimum absolute atomic E-state index is 0. The zero-order chi connectivity index (χ0) is 27.8. The molecule has 0 bridgehead atoms. The molecule has 0 aromatic heterocycles. The van der Waals surface area contributed by atoms with Gasteiger partial charge in [-0.1, -0.05) is 182 Å². The van der Waals surface area contributed by atoms with Gasteiger partial charge in [-0.25, -0.2) is 0 Å². The van der Waals surface area contributed by atoms with Crippen molar-refractivity contribution in [2.45, 2.75) is 207 Å². The molecule has 0 unspecified atom stereocenters. The molecular formula is C36H76Ti. The Morgan fingerprint density at radius 1 is 0.243 bits per heavy atom. The molecule has 0 aliphatic heterocycles. The number of hydrogen-bond acceptors (Lipinski definition) is 0. The summed E-state index contributed by atoms with van der Waals surface area (Å²) in [5, 5.41) is 0. The zero-order valence-corrected chi connectivity index (χ0v) is 28.7. The largest absolute Gasteiger partial charge is 4.00 e. The van der Waals surface area contributed by atoms with E-state index in [1.807, 2.05) is 0 Å². The molecule has 37 heavy (non-hydrogen) atoms. The van der Waals surface area contributed by atoms with E-state index in [-0.39, 0.29) is 21.7 Å². The van der Waals surface area contributed by atoms with Crippen molar-refractivity contribution in [1.29, 1.82) is 0 Å². The van der Waals surface area contributed by atoms with Gasteiger partial charge >= 0.3 is 21.7 Å². The summed E-state index contributed by atoms with van der Waals surface area (Å²) in [6.07, 6.45) is 37.8. The van der Waals surface area contributed by atoms with Gasteiger partial charge in [-0.05, 0) is 0 Å². The molecule has 0 aliphatic carbocycles. The number of unbranched alkanes of at least 4 members (excludes halogenated alkanes) is 24. The topological polar surface area (TPSA) is 0 Å². The Bertz CT molecular complexity index is 196. The van der Waals surface area contributed by atoms with Gasteiger partial charge < -0.3 is 27.7 Å². The van der Waals surface area contributed by atoms with E-state index in [9.17, 15) is 0 Å². The van der Waals surface area contributed by atoms with Crippen molar-refractivity contribution < 1.29 is 21.7 Å². The van der Waals surface area contributed by atoms with E-state index >= 15 is 0 Å². The van der Waals surface area contributed by atoms with Crippen LogP contribution in [0.4, 0.5) is 0 Å². The van der Waals surface area contributed by atoms with Gasteiger partial charge in [0.05, 0.1) is 0 Å². The van der Waals surface area contributed by atoms with E-state index in [1.165, 1.54) is 154 Å². The van der Waals surface area contributed by atoms with Crippen LogP contribution in [0.5, 0.6) is 0 Å². The second kappa shape index (κ2) is 56.8. The molecule has 0 rings (SSSR count). The first-order chi connectivity index (χ1) is 17.7. The summed E-state index contributed by atoms with van der Waals surface area (Å²) >= 11 is 0. The molecule has 0 amide bonds. The van der Waals surface area contributed by atoms with Crippen LogP contribution in [0.15, 0.2) is 0 Å². The van der Waals surface area contributed by atoms with Gasteiger partial charge in [-0.2, -0.15) is 25.7 Å². The van der Waals surface area contributed by atoms with Crippen LogP contribution in [-0.2, 0) is 21.7 Å². The van der Waals surface area contributed by atoms with Gasteiger partial charge in [0, 0.05) is 0 Å². The maximum Gasteiger partial charge on any atom is 4.00 e. The van der Waals surface area contributed by atoms with Crippen LogP contribution in [0.3, 0.4) is 0 Å². The Hall–Kier alpha value is 0.714. The quantitative estimate of drug-likeness (QED) is 0.0630. The molecule has 0 fully saturated rings. The zero-order valence-electron chi connectivity index (χ0n) is 27.1. The normalized spacial score (nSPS) is 9.73. The van der Waals surface area contributed by atoms with Crippen LogP contribution >= 0.6 is 0 Å². The van der Waals surface area contributed by atoms with E-state index in [2.05, 4.69) is 55.4 Å². The Kier molecular flexibility index (Phi) is 72.9. The van der Waals surface area contributed by atoms with E-state index in [0.717, 1.165) is 25.7 Å². The van der Waals surface area contributed by atoms with E-state index in [0.29, 0.717) is 0 Å². The second-order valence-electron chi connectivity index (χ2n) is 10.5. The van der Waals surface area contributed by atoms with Crippen molar-refractivity contribution in [1.82, 2.24) is 0 Å². The smallest absolute Gasteiger partial charge is 0.343 e. The third-order valence-corrected chi connectivity index (χ3v) is 6.41. The van der Waals surface area contributed by atoms with Crippen molar-refractivity contribution in [2.24, 2.45) is 0 Å². The van der Waals surface area contributed by atoms with Crippen LogP contribution < -0.4 is 0 Å². The summed E-state index contributed by atoms with van der Waals surface area (Å²) in [5.74, 6) is 0. The first-order valence-corrected chi connectivity index (χ1v) is 16.8. The van der Waals surface area contributed by atoms with Gasteiger partial charge in [-0.15, -0.1) is 0 Å². The predicted molar refractivity (Wildman–Crippen MR) is 173 cm³/mol. The second-order valence-corrected chi connectivity index (χ2v) is 10.5. The first kappa shape index (κ1) is 47.5. The van der Waals surface area contributed by atoms with Crippen LogP contribution in [0.25, 0.3) is 0 Å². The van der Waals surface area contributed by atoms with Crippen molar-refractivity contribution in [3.8, 4) is 0 Å². The minimum Gasteiger partial charge on any atom is -0.343 e. The van der Waals surface area contributed by atoms with Crippen LogP contribution in [0.1, 0.15) is 207 Å². The fourth-order valence-electron chi connectivity index (χ4n) is 3.83. The number of hydrogen-bond donors (Lipinski definition) is 0. The van der Waals surface area contributed by atoms with Gasteiger partial charge in [0.1, 0.15) is 0 Å². The molecule has 0 saturated carbocycles. The van der Waals surface area contributed by atoms with Crippen LogP contribution in [0.2, 0.25) is 0 Å². The minimum atomic E-state index is 0. The summed E-state index contributed by atoms with van der Waals surface area (Å²) < 4.78 is 0. The molecule has 0 N–H and O–H groups in total. The molecule has 0 aromatic carbocycles. The van der Waals surface area contributed by atoms with Gasteiger partial charge in [0.15, 0.2) is 0 Å². The van der Waals surface area contributed by atoms with Gasteiger partial charge in [0.2, 0.25) is 0 Å². The molecule has 0 heterocycles. The van der Waals surface area contributed by atoms with Gasteiger partial charge in [0.25, 0.3) is 0 Å². The average Bonchev–Trinajstić information content (AvgIpc) is 2.90. The van der Waals surface area contributed by atoms with Crippen LogP contribution in [-0.4, -0.2) is 0 Å². The van der Waals surface area contributed by atoms with E-state index in [4.69, 9.17) is 0 Å². The summed E-state index contributed by atoms with van der Waals surface area (Å²) in [4.78, 5) is 0. The van der Waals surface area contributed by atoms with E-state index < -0.39 is 0 Å². The molecule has 0 saturated heterocycles. The monoisotopic (exact) mass is 557 g/mol. The standard InChI is InChI=1S/4C9H19.Ti/c4*1-3-5-7-9-8-6-4-2;/h4*1,3-9H2,2H3;/q4*-1;+4. The average molecular weight is 557 g/mol. The maximum absolute atomic E-state index is 3.80. The Balaban J connectivity index is -0.000000122. The molecule has 0 atom stereocenters. The molecule has 224 valence electrons. The first-order valence-electron chi connectivity index (χ1n) is 16.8. The van der Waals surface area contributed by atoms with Crippen LogP contribution in [0, 0.1) is 27.7 Å². The Morgan fingerprint density at radius 3 is 0.514 bits per heavy atom. The molecule has 0 aliphatic rings. The Morgan fingerprint density at radius 2 is 0.378 bits per heavy atom. The fourth-order valence-corrected chi connectivity index (χ4v) is 3.83. The maximum atomic E-state index is 3.80. The SMILES string of the molecule is [CH2-]CCCCCCCC.[CH2-]CCCCCCCC.[CH2-]CCCCCCCC.[CH2-]CCCCCCCC.[Ti+4]. The van der Waals surface area contributed by atoms with Crippen molar-refractivity contribution >= 4 is 0 Å². The van der Waals surface area contributed by atoms with E-state index in [1.54, 1.807) is 0 Å². The van der Waals surface area contributed by atoms with Crippen molar-refractivity contribution in [3.63, 3.8) is 0 Å². The molecule has 1 heteroatoms. The fraction of sp³-hybridized carbons (Fsp3) is 0.889. The molecule has 0 nitrogen and oxygen atoms in total. The third kappa shape index (κ3) is 72.4. The molecule has 0 spiro atoms.